The molecule has 0 aromatic rings. The maximum atomic E-state index is 3.63. The fourth-order valence-corrected chi connectivity index (χ4v) is 1.51. The maximum absolute atomic E-state index is 3.63. The number of hydrogen-bond donors (Lipinski definition) is 0. The molecule has 0 saturated heterocycles. The minimum absolute atomic E-state index is 0. The SMILES string of the molecule is [K+].[PH-]C1CCCCC1. The van der Waals surface area contributed by atoms with Crippen molar-refractivity contribution in [3.63, 3.8) is 0 Å². The van der Waals surface area contributed by atoms with Crippen LogP contribution in [0.2, 0.25) is 0 Å². The van der Waals surface area contributed by atoms with Crippen molar-refractivity contribution in [2.45, 2.75) is 37.8 Å². The van der Waals surface area contributed by atoms with E-state index in [4.69, 9.17) is 0 Å². The van der Waals surface area contributed by atoms with Gasteiger partial charge in [0.15, 0.2) is 0 Å². The minimum atomic E-state index is 0. The van der Waals surface area contributed by atoms with Gasteiger partial charge in [-0.25, -0.2) is 0 Å². The molecule has 1 aliphatic carbocycles. The molecule has 0 aromatic heterocycles. The molecule has 0 radical (unpaired) electrons. The van der Waals surface area contributed by atoms with Gasteiger partial charge in [0.05, 0.1) is 0 Å². The zero-order valence-electron chi connectivity index (χ0n) is 5.61. The van der Waals surface area contributed by atoms with Gasteiger partial charge in [-0.3, -0.25) is 0 Å². The predicted molar refractivity (Wildman–Crippen MR) is 35.2 cm³/mol. The van der Waals surface area contributed by atoms with Gasteiger partial charge in [0.25, 0.3) is 0 Å². The van der Waals surface area contributed by atoms with E-state index in [9.17, 15) is 0 Å². The Bertz CT molecular complexity index is 50.5. The van der Waals surface area contributed by atoms with Crippen LogP contribution in [0.4, 0.5) is 0 Å². The first kappa shape index (κ1) is 10.1. The Morgan fingerprint density at radius 2 is 1.50 bits per heavy atom. The smallest absolute Gasteiger partial charge is 0.555 e. The molecule has 1 aliphatic rings. The molecule has 0 atom stereocenters. The van der Waals surface area contributed by atoms with E-state index in [2.05, 4.69) is 9.24 Å². The molecule has 42 valence electrons. The van der Waals surface area contributed by atoms with Crippen LogP contribution in [0, 0.1) is 0 Å². The summed E-state index contributed by atoms with van der Waals surface area (Å²) >= 11 is 0. The van der Waals surface area contributed by atoms with Gasteiger partial charge >= 0.3 is 51.4 Å². The van der Waals surface area contributed by atoms with Crippen molar-refractivity contribution in [2.75, 3.05) is 0 Å². The normalized spacial score (nSPS) is 22.1. The van der Waals surface area contributed by atoms with E-state index < -0.39 is 0 Å². The predicted octanol–water partition coefficient (Wildman–Crippen LogP) is -0.534. The van der Waals surface area contributed by atoms with Crippen molar-refractivity contribution in [1.82, 2.24) is 0 Å². The fourth-order valence-electron chi connectivity index (χ4n) is 1.10. The topological polar surface area (TPSA) is 0 Å². The monoisotopic (exact) mass is 154 g/mol. The summed E-state index contributed by atoms with van der Waals surface area (Å²) < 4.78 is 0. The van der Waals surface area contributed by atoms with Crippen LogP contribution in [0.15, 0.2) is 0 Å². The van der Waals surface area contributed by atoms with Gasteiger partial charge in [0.2, 0.25) is 0 Å². The van der Waals surface area contributed by atoms with Gasteiger partial charge in [0.1, 0.15) is 0 Å². The second kappa shape index (κ2) is 5.82. The summed E-state index contributed by atoms with van der Waals surface area (Å²) in [6.07, 6.45) is 7.14. The van der Waals surface area contributed by atoms with E-state index in [0.717, 1.165) is 5.66 Å². The first-order valence-electron chi connectivity index (χ1n) is 3.11. The molecular formula is C6H12KP. The van der Waals surface area contributed by atoms with Crippen LogP contribution in [0.5, 0.6) is 0 Å². The Morgan fingerprint density at radius 1 is 1.00 bits per heavy atom. The molecule has 0 bridgehead atoms. The summed E-state index contributed by atoms with van der Waals surface area (Å²) in [4.78, 5) is 0. The van der Waals surface area contributed by atoms with Crippen molar-refractivity contribution in [3.05, 3.63) is 0 Å². The first-order chi connectivity index (χ1) is 3.39. The van der Waals surface area contributed by atoms with Crippen molar-refractivity contribution in [3.8, 4) is 0 Å². The molecule has 0 amide bonds. The van der Waals surface area contributed by atoms with Crippen LogP contribution in [-0.4, -0.2) is 5.66 Å². The summed E-state index contributed by atoms with van der Waals surface area (Å²) in [5, 5.41) is 0. The second-order valence-electron chi connectivity index (χ2n) is 2.33. The van der Waals surface area contributed by atoms with E-state index >= 15 is 0 Å². The Morgan fingerprint density at radius 3 is 1.75 bits per heavy atom. The summed E-state index contributed by atoms with van der Waals surface area (Å²) in [6, 6.07) is 0. The summed E-state index contributed by atoms with van der Waals surface area (Å²) in [5.41, 5.74) is 0.841. The minimum Gasteiger partial charge on any atom is -0.555 e. The first-order valence-corrected chi connectivity index (χ1v) is 3.68. The van der Waals surface area contributed by atoms with Crippen molar-refractivity contribution in [1.29, 1.82) is 0 Å². The second-order valence-corrected chi connectivity index (χ2v) is 3.15. The van der Waals surface area contributed by atoms with E-state index in [1.165, 1.54) is 32.1 Å². The molecule has 1 fully saturated rings. The van der Waals surface area contributed by atoms with E-state index in [1.807, 2.05) is 0 Å². The van der Waals surface area contributed by atoms with E-state index in [-0.39, 0.29) is 51.4 Å². The maximum Gasteiger partial charge on any atom is 1.00 e. The van der Waals surface area contributed by atoms with Crippen LogP contribution in [0.3, 0.4) is 0 Å². The average molecular weight is 154 g/mol. The molecule has 0 heterocycles. The van der Waals surface area contributed by atoms with E-state index in [1.54, 1.807) is 0 Å². The Kier molecular flexibility index (Phi) is 7.33. The molecule has 0 aliphatic heterocycles. The summed E-state index contributed by atoms with van der Waals surface area (Å²) in [7, 11) is 3.63. The van der Waals surface area contributed by atoms with Crippen LogP contribution in [-0.2, 0) is 0 Å². The average Bonchev–Trinajstić information content (AvgIpc) is 1.69. The van der Waals surface area contributed by atoms with Crippen LogP contribution < -0.4 is 51.4 Å². The molecule has 0 aromatic carbocycles. The van der Waals surface area contributed by atoms with Crippen LogP contribution >= 0.6 is 9.24 Å². The van der Waals surface area contributed by atoms with Gasteiger partial charge in [-0.05, 0) is 0 Å². The molecule has 0 spiro atoms. The third-order valence-electron chi connectivity index (χ3n) is 1.61. The van der Waals surface area contributed by atoms with Crippen LogP contribution in [0.25, 0.3) is 0 Å². The summed E-state index contributed by atoms with van der Waals surface area (Å²) in [5.74, 6) is 0. The quantitative estimate of drug-likeness (QED) is 0.325. The van der Waals surface area contributed by atoms with Crippen LogP contribution in [0.1, 0.15) is 32.1 Å². The van der Waals surface area contributed by atoms with Crippen molar-refractivity contribution in [2.24, 2.45) is 0 Å². The molecule has 0 N–H and O–H groups in total. The largest absolute Gasteiger partial charge is 1.00 e. The van der Waals surface area contributed by atoms with Gasteiger partial charge in [-0.15, -0.1) is 0 Å². The molecule has 0 nitrogen and oxygen atoms in total. The van der Waals surface area contributed by atoms with Crippen molar-refractivity contribution >= 4 is 9.24 Å². The fraction of sp³-hybridized carbons (Fsp3) is 1.00. The molecule has 8 heavy (non-hydrogen) atoms. The zero-order chi connectivity index (χ0) is 5.11. The van der Waals surface area contributed by atoms with E-state index in [0.29, 0.717) is 0 Å². The Balaban J connectivity index is 0.000000490. The molecular weight excluding hydrogens is 142 g/mol. The Hall–Kier alpha value is 2.07. The van der Waals surface area contributed by atoms with Crippen molar-refractivity contribution < 1.29 is 51.4 Å². The van der Waals surface area contributed by atoms with Gasteiger partial charge < -0.3 is 9.24 Å². The zero-order valence-corrected chi connectivity index (χ0v) is 9.74. The molecule has 1 saturated carbocycles. The summed E-state index contributed by atoms with van der Waals surface area (Å²) in [6.45, 7) is 0. The molecule has 0 unspecified atom stereocenters. The number of rotatable bonds is 0. The Labute approximate surface area is 96.8 Å². The standard InChI is InChI=1S/C6H12P.K/c7-6-4-2-1-3-5-6;/h6-7H,1-5H2;/q-1;+1. The third kappa shape index (κ3) is 3.97. The molecule has 1 rings (SSSR count). The number of hydrogen-bond acceptors (Lipinski definition) is 0. The third-order valence-corrected chi connectivity index (χ3v) is 2.18. The molecule has 2 heteroatoms. The van der Waals surface area contributed by atoms with Gasteiger partial charge in [-0.1, -0.05) is 32.1 Å². The van der Waals surface area contributed by atoms with Gasteiger partial charge in [0, 0.05) is 0 Å². The van der Waals surface area contributed by atoms with Gasteiger partial charge in [-0.2, -0.15) is 5.66 Å².